The van der Waals surface area contributed by atoms with Crippen LogP contribution < -0.4 is 9.62 Å². The number of nitro benzene ring substituents is 1. The van der Waals surface area contributed by atoms with E-state index in [1.54, 1.807) is 39.0 Å². The zero-order valence-electron chi connectivity index (χ0n) is 20.3. The number of amides is 2. The molecule has 0 spiro atoms. The summed E-state index contributed by atoms with van der Waals surface area (Å²) in [4.78, 5) is 38.4. The lowest BCUT2D eigenvalue weighted by Gasteiger charge is -2.33. The average molecular weight is 559 g/mol. The predicted octanol–water partition coefficient (Wildman–Crippen LogP) is 4.00. The summed E-state index contributed by atoms with van der Waals surface area (Å²) in [6, 6.07) is 8.59. The van der Waals surface area contributed by atoms with Crippen LogP contribution in [0.4, 0.5) is 11.4 Å². The van der Waals surface area contributed by atoms with Crippen molar-refractivity contribution in [1.82, 2.24) is 10.2 Å². The Morgan fingerprint density at radius 2 is 1.69 bits per heavy atom. The van der Waals surface area contributed by atoms with Gasteiger partial charge in [0.05, 0.1) is 16.9 Å². The molecule has 0 aromatic heterocycles. The molecule has 1 atom stereocenters. The number of nitro groups is 1. The minimum Gasteiger partial charge on any atom is -0.352 e. The van der Waals surface area contributed by atoms with Crippen LogP contribution in [0.2, 0.25) is 10.0 Å². The van der Waals surface area contributed by atoms with Crippen LogP contribution in [0.5, 0.6) is 0 Å². The fourth-order valence-electron chi connectivity index (χ4n) is 3.53. The Labute approximate surface area is 220 Å². The van der Waals surface area contributed by atoms with Crippen molar-refractivity contribution in [3.8, 4) is 0 Å². The van der Waals surface area contributed by atoms with E-state index in [1.165, 1.54) is 23.1 Å². The third-order valence-electron chi connectivity index (χ3n) is 5.21. The lowest BCUT2D eigenvalue weighted by atomic mass is 10.1. The monoisotopic (exact) mass is 558 g/mol. The van der Waals surface area contributed by atoms with Gasteiger partial charge in [0.1, 0.15) is 12.6 Å². The van der Waals surface area contributed by atoms with Crippen molar-refractivity contribution in [1.29, 1.82) is 0 Å². The fourth-order valence-corrected chi connectivity index (χ4v) is 4.89. The Hall–Kier alpha value is -2.89. The van der Waals surface area contributed by atoms with Crippen molar-refractivity contribution in [3.63, 3.8) is 0 Å². The van der Waals surface area contributed by atoms with Gasteiger partial charge in [-0.1, -0.05) is 42.3 Å². The Morgan fingerprint density at radius 3 is 2.19 bits per heavy atom. The maximum atomic E-state index is 13.6. The topological polar surface area (TPSA) is 130 Å². The lowest BCUT2D eigenvalue weighted by molar-refractivity contribution is -0.384. The molecule has 0 saturated carbocycles. The standard InChI is InChI=1S/C23H28Cl2N4O6S/c1-5-21(23(31)26-15(2)3)27(13-18-19(24)10-7-11-20(18)25)22(30)14-28(36(4,34)35)16-8-6-9-17(12-16)29(32)33/h6-12,15,21H,5,13-14H2,1-4H3,(H,26,31)/t21-/m0/s1. The van der Waals surface area contributed by atoms with Crippen LogP contribution in [0.25, 0.3) is 0 Å². The number of sulfonamides is 1. The molecular weight excluding hydrogens is 531 g/mol. The van der Waals surface area contributed by atoms with Gasteiger partial charge in [-0.15, -0.1) is 0 Å². The highest BCUT2D eigenvalue weighted by atomic mass is 35.5. The first kappa shape index (κ1) is 29.3. The second kappa shape index (κ2) is 12.4. The van der Waals surface area contributed by atoms with Crippen LogP contribution in [0.3, 0.4) is 0 Å². The first-order valence-corrected chi connectivity index (χ1v) is 13.6. The largest absolute Gasteiger partial charge is 0.352 e. The average Bonchev–Trinajstić information content (AvgIpc) is 2.77. The highest BCUT2D eigenvalue weighted by Gasteiger charge is 2.33. The highest BCUT2D eigenvalue weighted by molar-refractivity contribution is 7.92. The second-order valence-corrected chi connectivity index (χ2v) is 11.1. The van der Waals surface area contributed by atoms with E-state index in [0.29, 0.717) is 5.56 Å². The highest BCUT2D eigenvalue weighted by Crippen LogP contribution is 2.28. The van der Waals surface area contributed by atoms with Gasteiger partial charge in [0.2, 0.25) is 21.8 Å². The Morgan fingerprint density at radius 1 is 1.11 bits per heavy atom. The van der Waals surface area contributed by atoms with Gasteiger partial charge in [-0.05, 0) is 38.5 Å². The quantitative estimate of drug-likeness (QED) is 0.327. The molecule has 2 aromatic carbocycles. The normalized spacial score (nSPS) is 12.2. The van der Waals surface area contributed by atoms with Crippen molar-refractivity contribution in [3.05, 3.63) is 68.2 Å². The van der Waals surface area contributed by atoms with Crippen LogP contribution in [-0.2, 0) is 26.2 Å². The van der Waals surface area contributed by atoms with E-state index in [1.807, 2.05) is 0 Å². The molecule has 1 N–H and O–H groups in total. The summed E-state index contributed by atoms with van der Waals surface area (Å²) in [6.07, 6.45) is 1.11. The maximum Gasteiger partial charge on any atom is 0.271 e. The molecule has 2 aromatic rings. The van der Waals surface area contributed by atoms with Crippen LogP contribution in [-0.4, -0.2) is 54.9 Å². The first-order chi connectivity index (χ1) is 16.8. The minimum atomic E-state index is -4.04. The van der Waals surface area contributed by atoms with Crippen LogP contribution in [0, 0.1) is 10.1 Å². The van der Waals surface area contributed by atoms with E-state index in [4.69, 9.17) is 23.2 Å². The first-order valence-electron chi connectivity index (χ1n) is 11.0. The molecule has 0 aliphatic carbocycles. The van der Waals surface area contributed by atoms with Gasteiger partial charge >= 0.3 is 0 Å². The summed E-state index contributed by atoms with van der Waals surface area (Å²) in [6.45, 7) is 4.40. The number of non-ortho nitro benzene ring substituents is 1. The van der Waals surface area contributed by atoms with Crippen molar-refractivity contribution in [2.45, 2.75) is 45.8 Å². The zero-order chi connectivity index (χ0) is 27.2. The summed E-state index contributed by atoms with van der Waals surface area (Å²) in [5, 5.41) is 14.5. The number of nitrogens with zero attached hydrogens (tertiary/aromatic N) is 3. The summed E-state index contributed by atoms with van der Waals surface area (Å²) in [7, 11) is -4.04. The molecule has 10 nitrogen and oxygen atoms in total. The summed E-state index contributed by atoms with van der Waals surface area (Å²) >= 11 is 12.6. The smallest absolute Gasteiger partial charge is 0.271 e. The van der Waals surface area contributed by atoms with Gasteiger partial charge in [0.25, 0.3) is 5.69 Å². The Kier molecular flexibility index (Phi) is 10.1. The van der Waals surface area contributed by atoms with Gasteiger partial charge in [-0.3, -0.25) is 24.0 Å². The number of anilines is 1. The second-order valence-electron chi connectivity index (χ2n) is 8.36. The van der Waals surface area contributed by atoms with E-state index < -0.39 is 39.3 Å². The van der Waals surface area contributed by atoms with E-state index in [-0.39, 0.29) is 40.4 Å². The molecule has 0 heterocycles. The van der Waals surface area contributed by atoms with Crippen molar-refractivity contribution in [2.75, 3.05) is 17.1 Å². The molecule has 36 heavy (non-hydrogen) atoms. The number of carbonyl (C=O) groups excluding carboxylic acids is 2. The molecule has 196 valence electrons. The molecule has 0 bridgehead atoms. The molecular formula is C23H28Cl2N4O6S. The molecule has 0 aliphatic rings. The van der Waals surface area contributed by atoms with E-state index >= 15 is 0 Å². The SMILES string of the molecule is CC[C@@H](C(=O)NC(C)C)N(Cc1c(Cl)cccc1Cl)C(=O)CN(c1cccc([N+](=O)[O-])c1)S(C)(=O)=O. The van der Waals surface area contributed by atoms with E-state index in [2.05, 4.69) is 5.32 Å². The molecule has 2 amide bonds. The van der Waals surface area contributed by atoms with Crippen molar-refractivity contribution >= 4 is 56.4 Å². The van der Waals surface area contributed by atoms with Gasteiger partial charge in [-0.25, -0.2) is 8.42 Å². The molecule has 13 heteroatoms. The van der Waals surface area contributed by atoms with Gasteiger partial charge in [0.15, 0.2) is 0 Å². The van der Waals surface area contributed by atoms with Gasteiger partial charge < -0.3 is 10.2 Å². The van der Waals surface area contributed by atoms with Crippen molar-refractivity contribution < 1.29 is 22.9 Å². The van der Waals surface area contributed by atoms with Crippen LogP contribution >= 0.6 is 23.2 Å². The Bertz CT molecular complexity index is 1220. The summed E-state index contributed by atoms with van der Waals surface area (Å²) < 4.78 is 26.0. The van der Waals surface area contributed by atoms with E-state index in [9.17, 15) is 28.1 Å². The molecule has 0 unspecified atom stereocenters. The number of carbonyl (C=O) groups is 2. The third-order valence-corrected chi connectivity index (χ3v) is 7.06. The molecule has 0 aliphatic heterocycles. The van der Waals surface area contributed by atoms with Crippen LogP contribution in [0.1, 0.15) is 32.8 Å². The number of hydrogen-bond donors (Lipinski definition) is 1. The lowest BCUT2D eigenvalue weighted by Crippen LogP contribution is -2.53. The third kappa shape index (κ3) is 7.55. The Balaban J connectivity index is 2.54. The number of rotatable bonds is 11. The molecule has 0 saturated heterocycles. The number of benzene rings is 2. The number of halogens is 2. The van der Waals surface area contributed by atoms with Crippen molar-refractivity contribution in [2.24, 2.45) is 0 Å². The predicted molar refractivity (Wildman–Crippen MR) is 140 cm³/mol. The zero-order valence-corrected chi connectivity index (χ0v) is 22.6. The molecule has 0 fully saturated rings. The summed E-state index contributed by atoms with van der Waals surface area (Å²) in [5.74, 6) is -1.14. The number of hydrogen-bond acceptors (Lipinski definition) is 6. The van der Waals surface area contributed by atoms with Gasteiger partial charge in [-0.2, -0.15) is 0 Å². The van der Waals surface area contributed by atoms with Crippen LogP contribution in [0.15, 0.2) is 42.5 Å². The minimum absolute atomic E-state index is 0.0598. The summed E-state index contributed by atoms with van der Waals surface area (Å²) in [5.41, 5.74) is -0.00209. The number of nitrogens with one attached hydrogen (secondary N) is 1. The fraction of sp³-hybridized carbons (Fsp3) is 0.391. The van der Waals surface area contributed by atoms with Gasteiger partial charge in [0, 0.05) is 40.3 Å². The molecule has 0 radical (unpaired) electrons. The maximum absolute atomic E-state index is 13.6. The molecule has 2 rings (SSSR count). The van der Waals surface area contributed by atoms with E-state index in [0.717, 1.165) is 16.6 Å².